The van der Waals surface area contributed by atoms with E-state index in [0.29, 0.717) is 23.2 Å². The van der Waals surface area contributed by atoms with Gasteiger partial charge in [-0.3, -0.25) is 4.79 Å². The molecule has 0 radical (unpaired) electrons. The number of benzene rings is 3. The van der Waals surface area contributed by atoms with Gasteiger partial charge in [-0.15, -0.1) is 0 Å². The minimum atomic E-state index is -0.251. The van der Waals surface area contributed by atoms with Crippen molar-refractivity contribution >= 4 is 28.8 Å². The van der Waals surface area contributed by atoms with E-state index in [1.807, 2.05) is 48.5 Å². The smallest absolute Gasteiger partial charge is 0.248 e. The lowest BCUT2D eigenvalue weighted by molar-refractivity contribution is -0.111. The summed E-state index contributed by atoms with van der Waals surface area (Å²) in [6, 6.07) is 21.2. The Morgan fingerprint density at radius 2 is 1.87 bits per heavy atom. The number of nitrogens with one attached hydrogen (secondary N) is 1. The SMILES string of the molecule is COc1ccc(-c2nc3cc(C(C)C)ccc3o2)cc1NC(=O)/C=C/c1ccccc1. The predicted molar refractivity (Wildman–Crippen MR) is 124 cm³/mol. The molecular weight excluding hydrogens is 388 g/mol. The second-order valence-electron chi connectivity index (χ2n) is 7.55. The third-order valence-electron chi connectivity index (χ3n) is 5.01. The highest BCUT2D eigenvalue weighted by Crippen LogP contribution is 2.32. The first kappa shape index (κ1) is 20.4. The first-order valence-electron chi connectivity index (χ1n) is 10.2. The topological polar surface area (TPSA) is 64.4 Å². The minimum Gasteiger partial charge on any atom is -0.495 e. The van der Waals surface area contributed by atoms with Crippen LogP contribution >= 0.6 is 0 Å². The third kappa shape index (κ3) is 4.67. The van der Waals surface area contributed by atoms with Crippen LogP contribution in [0.3, 0.4) is 0 Å². The van der Waals surface area contributed by atoms with E-state index in [4.69, 9.17) is 9.15 Å². The Labute approximate surface area is 181 Å². The van der Waals surface area contributed by atoms with E-state index >= 15 is 0 Å². The van der Waals surface area contributed by atoms with Gasteiger partial charge in [0.15, 0.2) is 5.58 Å². The number of nitrogens with zero attached hydrogens (tertiary/aromatic N) is 1. The van der Waals surface area contributed by atoms with Gasteiger partial charge in [-0.05, 0) is 53.5 Å². The lowest BCUT2D eigenvalue weighted by atomic mass is 10.0. The van der Waals surface area contributed by atoms with E-state index in [1.54, 1.807) is 25.3 Å². The lowest BCUT2D eigenvalue weighted by Gasteiger charge is -2.10. The van der Waals surface area contributed by atoms with Gasteiger partial charge in [-0.2, -0.15) is 0 Å². The minimum absolute atomic E-state index is 0.251. The summed E-state index contributed by atoms with van der Waals surface area (Å²) in [7, 11) is 1.57. The number of hydrogen-bond acceptors (Lipinski definition) is 4. The fraction of sp³-hybridized carbons (Fsp3) is 0.154. The second kappa shape index (κ2) is 8.88. The van der Waals surface area contributed by atoms with Crippen LogP contribution in [0.1, 0.15) is 30.9 Å². The molecule has 31 heavy (non-hydrogen) atoms. The summed E-state index contributed by atoms with van der Waals surface area (Å²) < 4.78 is 11.4. The molecule has 0 spiro atoms. The number of methoxy groups -OCH3 is 1. The van der Waals surface area contributed by atoms with Crippen LogP contribution in [0.2, 0.25) is 0 Å². The first-order chi connectivity index (χ1) is 15.0. The second-order valence-corrected chi connectivity index (χ2v) is 7.55. The molecule has 0 saturated heterocycles. The maximum Gasteiger partial charge on any atom is 0.248 e. The molecule has 1 amide bonds. The number of aromatic nitrogens is 1. The number of carbonyl (C=O) groups is 1. The van der Waals surface area contributed by atoms with Gasteiger partial charge < -0.3 is 14.5 Å². The van der Waals surface area contributed by atoms with Gasteiger partial charge in [-0.1, -0.05) is 50.2 Å². The monoisotopic (exact) mass is 412 g/mol. The lowest BCUT2D eigenvalue weighted by Crippen LogP contribution is -2.09. The molecule has 156 valence electrons. The van der Waals surface area contributed by atoms with Gasteiger partial charge in [0.05, 0.1) is 12.8 Å². The van der Waals surface area contributed by atoms with E-state index in [9.17, 15) is 4.79 Å². The molecule has 3 aromatic carbocycles. The van der Waals surface area contributed by atoms with Crippen molar-refractivity contribution < 1.29 is 13.9 Å². The number of fused-ring (bicyclic) bond motifs is 1. The zero-order valence-electron chi connectivity index (χ0n) is 17.8. The van der Waals surface area contributed by atoms with Crippen LogP contribution in [0, 0.1) is 0 Å². The highest BCUT2D eigenvalue weighted by Gasteiger charge is 2.13. The Bertz CT molecular complexity index is 1240. The molecule has 0 unspecified atom stereocenters. The van der Waals surface area contributed by atoms with Crippen molar-refractivity contribution in [3.63, 3.8) is 0 Å². The third-order valence-corrected chi connectivity index (χ3v) is 5.01. The van der Waals surface area contributed by atoms with Crippen LogP contribution in [-0.4, -0.2) is 18.0 Å². The van der Waals surface area contributed by atoms with Gasteiger partial charge >= 0.3 is 0 Å². The van der Waals surface area contributed by atoms with Crippen molar-refractivity contribution in [2.24, 2.45) is 0 Å². The molecule has 0 saturated carbocycles. The van der Waals surface area contributed by atoms with Gasteiger partial charge in [0.2, 0.25) is 11.8 Å². The van der Waals surface area contributed by atoms with E-state index in [0.717, 1.165) is 22.2 Å². The van der Waals surface area contributed by atoms with E-state index in [2.05, 4.69) is 30.2 Å². The highest BCUT2D eigenvalue weighted by molar-refractivity contribution is 6.03. The number of hydrogen-bond donors (Lipinski definition) is 1. The Hall–Kier alpha value is -3.86. The first-order valence-corrected chi connectivity index (χ1v) is 10.2. The summed E-state index contributed by atoms with van der Waals surface area (Å²) >= 11 is 0. The summed E-state index contributed by atoms with van der Waals surface area (Å²) in [5, 5.41) is 2.88. The number of rotatable bonds is 6. The molecule has 0 aliphatic carbocycles. The molecule has 5 heteroatoms. The molecule has 0 fully saturated rings. The number of oxazole rings is 1. The predicted octanol–water partition coefficient (Wildman–Crippen LogP) is 6.28. The van der Waals surface area contributed by atoms with Gasteiger partial charge in [0, 0.05) is 11.6 Å². The standard InChI is InChI=1S/C26H24N2O3/c1-17(2)19-10-13-24-22(15-19)28-26(31-24)20-11-12-23(30-3)21(16-20)27-25(29)14-9-18-7-5-4-6-8-18/h4-17H,1-3H3,(H,27,29)/b14-9+. The molecule has 1 aromatic heterocycles. The fourth-order valence-electron chi connectivity index (χ4n) is 3.28. The molecule has 4 aromatic rings. The average molecular weight is 412 g/mol. The van der Waals surface area contributed by atoms with Gasteiger partial charge in [0.25, 0.3) is 0 Å². The molecule has 1 N–H and O–H groups in total. The molecular formula is C26H24N2O3. The zero-order chi connectivity index (χ0) is 21.8. The molecule has 0 aliphatic rings. The van der Waals surface area contributed by atoms with E-state index in [1.165, 1.54) is 11.6 Å². The number of ether oxygens (including phenoxy) is 1. The molecule has 0 aliphatic heterocycles. The van der Waals surface area contributed by atoms with Crippen LogP contribution in [0.15, 0.2) is 77.2 Å². The fourth-order valence-corrected chi connectivity index (χ4v) is 3.28. The van der Waals surface area contributed by atoms with E-state index in [-0.39, 0.29) is 5.91 Å². The van der Waals surface area contributed by atoms with Crippen LogP contribution in [0.4, 0.5) is 5.69 Å². The van der Waals surface area contributed by atoms with E-state index < -0.39 is 0 Å². The van der Waals surface area contributed by atoms with Crippen molar-refractivity contribution in [2.75, 3.05) is 12.4 Å². The quantitative estimate of drug-likeness (QED) is 0.379. The zero-order valence-corrected chi connectivity index (χ0v) is 17.8. The van der Waals surface area contributed by atoms with Gasteiger partial charge in [0.1, 0.15) is 11.3 Å². The van der Waals surface area contributed by atoms with Gasteiger partial charge in [-0.25, -0.2) is 4.98 Å². The summed E-state index contributed by atoms with van der Waals surface area (Å²) in [5.74, 6) is 1.21. The highest BCUT2D eigenvalue weighted by atomic mass is 16.5. The Kier molecular flexibility index (Phi) is 5.85. The maximum atomic E-state index is 12.5. The Balaban J connectivity index is 1.60. The van der Waals surface area contributed by atoms with Crippen LogP contribution in [0.25, 0.3) is 28.6 Å². The molecule has 0 bridgehead atoms. The maximum absolute atomic E-state index is 12.5. The number of carbonyl (C=O) groups excluding carboxylic acids is 1. The number of amides is 1. The number of anilines is 1. The van der Waals surface area contributed by atoms with Crippen molar-refractivity contribution in [3.05, 3.63) is 83.9 Å². The summed E-state index contributed by atoms with van der Waals surface area (Å²) in [6.45, 7) is 4.29. The molecule has 5 nitrogen and oxygen atoms in total. The van der Waals surface area contributed by atoms with Crippen molar-refractivity contribution in [1.29, 1.82) is 0 Å². The van der Waals surface area contributed by atoms with Crippen molar-refractivity contribution in [3.8, 4) is 17.2 Å². The van der Waals surface area contributed by atoms with Crippen LogP contribution in [0.5, 0.6) is 5.75 Å². The van der Waals surface area contributed by atoms with Crippen LogP contribution in [-0.2, 0) is 4.79 Å². The summed E-state index contributed by atoms with van der Waals surface area (Å²) in [6.07, 6.45) is 3.26. The normalized spacial score (nSPS) is 11.4. The molecule has 0 atom stereocenters. The largest absolute Gasteiger partial charge is 0.495 e. The summed E-state index contributed by atoms with van der Waals surface area (Å²) in [5.41, 5.74) is 5.00. The Morgan fingerprint density at radius 1 is 1.06 bits per heavy atom. The molecule has 4 rings (SSSR count). The van der Waals surface area contributed by atoms with Crippen molar-refractivity contribution in [2.45, 2.75) is 19.8 Å². The molecule has 1 heterocycles. The summed E-state index contributed by atoms with van der Waals surface area (Å²) in [4.78, 5) is 17.1. The van der Waals surface area contributed by atoms with Crippen LogP contribution < -0.4 is 10.1 Å². The Morgan fingerprint density at radius 3 is 2.61 bits per heavy atom. The van der Waals surface area contributed by atoms with Crippen molar-refractivity contribution in [1.82, 2.24) is 4.98 Å². The average Bonchev–Trinajstić information content (AvgIpc) is 3.22.